The average molecular weight is 394 g/mol. The standard InChI is InChI=1S/C15H12ClF4N3OS/c16-9-3-1-8(2-4-9)13(15(18,19)20)22-25-11-7-21-23(10-5-6-10)14(24)12(11)17/h1-4,7,10,13,22H,5-6H2/t13-/m1/s1. The van der Waals surface area contributed by atoms with Crippen LogP contribution in [-0.2, 0) is 0 Å². The lowest BCUT2D eigenvalue weighted by molar-refractivity contribution is -0.152. The molecule has 1 atom stereocenters. The highest BCUT2D eigenvalue weighted by Gasteiger charge is 2.41. The van der Waals surface area contributed by atoms with E-state index in [2.05, 4.69) is 9.82 Å². The highest BCUT2D eigenvalue weighted by Crippen LogP contribution is 2.36. The molecule has 1 aromatic heterocycles. The largest absolute Gasteiger partial charge is 0.408 e. The fourth-order valence-electron chi connectivity index (χ4n) is 2.18. The molecule has 0 saturated heterocycles. The zero-order valence-corrected chi connectivity index (χ0v) is 14.1. The van der Waals surface area contributed by atoms with Gasteiger partial charge >= 0.3 is 11.7 Å². The van der Waals surface area contributed by atoms with Crippen LogP contribution in [0.25, 0.3) is 0 Å². The summed E-state index contributed by atoms with van der Waals surface area (Å²) in [6.45, 7) is 0. The van der Waals surface area contributed by atoms with Crippen molar-refractivity contribution in [2.45, 2.75) is 36.0 Å². The second-order valence-electron chi connectivity index (χ2n) is 5.55. The van der Waals surface area contributed by atoms with Crippen molar-refractivity contribution in [1.82, 2.24) is 14.5 Å². The maximum Gasteiger partial charge on any atom is 0.408 e. The second kappa shape index (κ2) is 6.97. The highest BCUT2D eigenvalue weighted by molar-refractivity contribution is 7.97. The predicted molar refractivity (Wildman–Crippen MR) is 86.0 cm³/mol. The monoisotopic (exact) mass is 393 g/mol. The first-order chi connectivity index (χ1) is 11.8. The maximum absolute atomic E-state index is 14.1. The van der Waals surface area contributed by atoms with E-state index >= 15 is 0 Å². The van der Waals surface area contributed by atoms with Gasteiger partial charge in [-0.15, -0.1) is 0 Å². The summed E-state index contributed by atoms with van der Waals surface area (Å²) in [6, 6.07) is 2.95. The molecular formula is C15H12ClF4N3OS. The summed E-state index contributed by atoms with van der Waals surface area (Å²) in [7, 11) is 0. The van der Waals surface area contributed by atoms with Gasteiger partial charge in [-0.1, -0.05) is 23.7 Å². The zero-order valence-electron chi connectivity index (χ0n) is 12.6. The maximum atomic E-state index is 14.1. The number of nitrogens with zero attached hydrogens (tertiary/aromatic N) is 2. The molecule has 1 N–H and O–H groups in total. The summed E-state index contributed by atoms with van der Waals surface area (Å²) >= 11 is 6.07. The van der Waals surface area contributed by atoms with E-state index in [1.165, 1.54) is 24.3 Å². The van der Waals surface area contributed by atoms with Crippen LogP contribution in [0.15, 0.2) is 40.2 Å². The van der Waals surface area contributed by atoms with Crippen LogP contribution in [-0.4, -0.2) is 16.0 Å². The van der Waals surface area contributed by atoms with Crippen LogP contribution in [0.2, 0.25) is 5.02 Å². The van der Waals surface area contributed by atoms with Gasteiger partial charge in [0.15, 0.2) is 0 Å². The molecule has 25 heavy (non-hydrogen) atoms. The van der Waals surface area contributed by atoms with Crippen LogP contribution >= 0.6 is 23.5 Å². The minimum Gasteiger partial charge on any atom is -0.264 e. The van der Waals surface area contributed by atoms with E-state index < -0.39 is 23.6 Å². The van der Waals surface area contributed by atoms with Gasteiger partial charge in [0.2, 0.25) is 5.82 Å². The lowest BCUT2D eigenvalue weighted by atomic mass is 10.1. The van der Waals surface area contributed by atoms with Crippen molar-refractivity contribution >= 4 is 23.5 Å². The van der Waals surface area contributed by atoms with Crippen LogP contribution in [0.1, 0.15) is 30.5 Å². The van der Waals surface area contributed by atoms with E-state index in [1.807, 2.05) is 0 Å². The molecule has 1 aliphatic rings. The molecule has 134 valence electrons. The first-order valence-electron chi connectivity index (χ1n) is 7.29. The van der Waals surface area contributed by atoms with Crippen LogP contribution in [0.4, 0.5) is 17.6 Å². The molecule has 1 heterocycles. The van der Waals surface area contributed by atoms with E-state index in [0.717, 1.165) is 23.7 Å². The Morgan fingerprint density at radius 3 is 2.48 bits per heavy atom. The normalized spacial score (nSPS) is 16.0. The Kier molecular flexibility index (Phi) is 5.08. The summed E-state index contributed by atoms with van der Waals surface area (Å²) < 4.78 is 57.2. The Hall–Kier alpha value is -1.58. The third-order valence-electron chi connectivity index (χ3n) is 3.62. The number of aromatic nitrogens is 2. The van der Waals surface area contributed by atoms with Gasteiger partial charge < -0.3 is 0 Å². The molecule has 10 heteroatoms. The van der Waals surface area contributed by atoms with Crippen molar-refractivity contribution in [1.29, 1.82) is 0 Å². The number of nitrogens with one attached hydrogen (secondary N) is 1. The number of hydrogen-bond donors (Lipinski definition) is 1. The Morgan fingerprint density at radius 1 is 1.28 bits per heavy atom. The molecule has 0 amide bonds. The number of alkyl halides is 3. The first-order valence-corrected chi connectivity index (χ1v) is 8.48. The molecule has 0 aliphatic heterocycles. The quantitative estimate of drug-likeness (QED) is 0.608. The Bertz CT molecular complexity index is 821. The highest BCUT2D eigenvalue weighted by atomic mass is 35.5. The summed E-state index contributed by atoms with van der Waals surface area (Å²) in [4.78, 5) is 11.6. The molecule has 1 saturated carbocycles. The van der Waals surface area contributed by atoms with E-state index in [1.54, 1.807) is 0 Å². The fourth-order valence-corrected chi connectivity index (χ4v) is 3.10. The van der Waals surface area contributed by atoms with E-state index in [-0.39, 0.29) is 16.5 Å². The van der Waals surface area contributed by atoms with Crippen LogP contribution in [0, 0.1) is 5.82 Å². The van der Waals surface area contributed by atoms with Crippen molar-refractivity contribution in [2.75, 3.05) is 0 Å². The Labute approximate surface area is 149 Å². The van der Waals surface area contributed by atoms with Crippen LogP contribution < -0.4 is 10.3 Å². The molecule has 0 radical (unpaired) electrons. The second-order valence-corrected chi connectivity index (χ2v) is 6.87. The third kappa shape index (κ3) is 4.16. The van der Waals surface area contributed by atoms with Crippen molar-refractivity contribution < 1.29 is 17.6 Å². The molecule has 0 spiro atoms. The zero-order chi connectivity index (χ0) is 18.2. The lowest BCUT2D eigenvalue weighted by Crippen LogP contribution is -2.31. The summed E-state index contributed by atoms with van der Waals surface area (Å²) in [6.07, 6.45) is -2.08. The number of hydrogen-bond acceptors (Lipinski definition) is 4. The molecule has 2 aromatic rings. The Balaban J connectivity index is 1.81. The molecule has 1 aliphatic carbocycles. The fraction of sp³-hybridized carbons (Fsp3) is 0.333. The molecule has 1 fully saturated rings. The van der Waals surface area contributed by atoms with Crippen molar-refractivity contribution in [3.63, 3.8) is 0 Å². The SMILES string of the molecule is O=c1c(F)c(SN[C@H](c2ccc(Cl)cc2)C(F)(F)F)cnn1C1CC1. The van der Waals surface area contributed by atoms with Gasteiger partial charge in [0, 0.05) is 5.02 Å². The number of rotatable bonds is 5. The minimum absolute atomic E-state index is 0.0795. The average Bonchev–Trinajstić information content (AvgIpc) is 3.37. The van der Waals surface area contributed by atoms with Crippen LogP contribution in [0.5, 0.6) is 0 Å². The smallest absolute Gasteiger partial charge is 0.264 e. The molecular weight excluding hydrogens is 382 g/mol. The lowest BCUT2D eigenvalue weighted by Gasteiger charge is -2.21. The predicted octanol–water partition coefficient (Wildman–Crippen LogP) is 4.27. The molecule has 3 rings (SSSR count). The number of benzene rings is 1. The van der Waals surface area contributed by atoms with E-state index in [9.17, 15) is 22.4 Å². The van der Waals surface area contributed by atoms with Gasteiger partial charge in [-0.2, -0.15) is 22.7 Å². The van der Waals surface area contributed by atoms with Crippen molar-refractivity contribution in [3.05, 3.63) is 57.2 Å². The summed E-state index contributed by atoms with van der Waals surface area (Å²) in [5.41, 5.74) is -1.01. The van der Waals surface area contributed by atoms with Gasteiger partial charge in [-0.25, -0.2) is 9.40 Å². The van der Waals surface area contributed by atoms with Crippen molar-refractivity contribution in [2.24, 2.45) is 0 Å². The number of halogens is 5. The molecule has 1 aromatic carbocycles. The Morgan fingerprint density at radius 2 is 1.92 bits per heavy atom. The van der Waals surface area contributed by atoms with Gasteiger partial charge in [0.05, 0.1) is 17.1 Å². The van der Waals surface area contributed by atoms with Gasteiger partial charge in [0.25, 0.3) is 0 Å². The first kappa shape index (κ1) is 18.2. The molecule has 0 unspecified atom stereocenters. The topological polar surface area (TPSA) is 46.9 Å². The van der Waals surface area contributed by atoms with Crippen LogP contribution in [0.3, 0.4) is 0 Å². The van der Waals surface area contributed by atoms with Gasteiger partial charge in [-0.05, 0) is 42.5 Å². The van der Waals surface area contributed by atoms with E-state index in [0.29, 0.717) is 17.0 Å². The summed E-state index contributed by atoms with van der Waals surface area (Å²) in [5, 5.41) is 4.13. The molecule has 0 bridgehead atoms. The van der Waals surface area contributed by atoms with Gasteiger partial charge in [0.1, 0.15) is 6.04 Å². The van der Waals surface area contributed by atoms with Crippen molar-refractivity contribution in [3.8, 4) is 0 Å². The minimum atomic E-state index is -4.62. The van der Waals surface area contributed by atoms with Gasteiger partial charge in [-0.3, -0.25) is 4.79 Å². The van der Waals surface area contributed by atoms with E-state index in [4.69, 9.17) is 11.6 Å². The molecule has 4 nitrogen and oxygen atoms in total. The third-order valence-corrected chi connectivity index (χ3v) is 4.73. The summed E-state index contributed by atoms with van der Waals surface area (Å²) in [5.74, 6) is -1.11.